The van der Waals surface area contributed by atoms with Crippen molar-refractivity contribution in [2.24, 2.45) is 0 Å². The summed E-state index contributed by atoms with van der Waals surface area (Å²) in [5.41, 5.74) is 2.04. The van der Waals surface area contributed by atoms with E-state index in [-0.39, 0.29) is 0 Å². The molecule has 19 heavy (non-hydrogen) atoms. The molecule has 1 aromatic rings. The molecule has 0 aromatic carbocycles. The lowest BCUT2D eigenvalue weighted by Crippen LogP contribution is -2.35. The van der Waals surface area contributed by atoms with Crippen molar-refractivity contribution >= 4 is 11.6 Å². The van der Waals surface area contributed by atoms with Crippen molar-refractivity contribution < 1.29 is 0 Å². The van der Waals surface area contributed by atoms with Crippen molar-refractivity contribution in [3.05, 3.63) is 16.4 Å². The normalized spacial score (nSPS) is 17.0. The first-order valence-corrected chi connectivity index (χ1v) is 7.75. The third-order valence-electron chi connectivity index (χ3n) is 3.80. The number of aryl methyl sites for hydroxylation is 2. The topological polar surface area (TPSA) is 33.1 Å². The van der Waals surface area contributed by atoms with Gasteiger partial charge in [-0.15, -0.1) is 0 Å². The van der Waals surface area contributed by atoms with Crippen LogP contribution in [0.15, 0.2) is 0 Å². The van der Waals surface area contributed by atoms with Crippen molar-refractivity contribution in [2.45, 2.75) is 46.2 Å². The number of aromatic nitrogens is 2. The summed E-state index contributed by atoms with van der Waals surface area (Å²) in [6.45, 7) is 10.4. The number of hydrogen-bond acceptors (Lipinski definition) is 3. The molecule has 1 N–H and O–H groups in total. The molecule has 1 aliphatic rings. The van der Waals surface area contributed by atoms with Gasteiger partial charge in [0.05, 0.1) is 16.4 Å². The lowest BCUT2D eigenvalue weighted by molar-refractivity contribution is 0.228. The molecule has 2 rings (SSSR count). The molecular formula is C14H25ClN4. The van der Waals surface area contributed by atoms with Crippen LogP contribution in [0.2, 0.25) is 5.02 Å². The molecule has 0 saturated carbocycles. The second-order valence-electron chi connectivity index (χ2n) is 5.24. The van der Waals surface area contributed by atoms with Gasteiger partial charge in [0.25, 0.3) is 0 Å². The maximum absolute atomic E-state index is 6.29. The van der Waals surface area contributed by atoms with Crippen LogP contribution in [0.25, 0.3) is 0 Å². The van der Waals surface area contributed by atoms with E-state index >= 15 is 0 Å². The largest absolute Gasteiger partial charge is 0.310 e. The van der Waals surface area contributed by atoms with E-state index in [0.29, 0.717) is 0 Å². The Kier molecular flexibility index (Phi) is 5.67. The van der Waals surface area contributed by atoms with Crippen LogP contribution in [0.4, 0.5) is 0 Å². The second-order valence-corrected chi connectivity index (χ2v) is 5.62. The molecule has 108 valence electrons. The third-order valence-corrected chi connectivity index (χ3v) is 4.29. The van der Waals surface area contributed by atoms with Gasteiger partial charge in [0.15, 0.2) is 0 Å². The SMILES string of the molecule is CCn1nc(C)c(Cl)c1CNCCN1CCCCC1. The maximum atomic E-state index is 6.29. The van der Waals surface area contributed by atoms with Gasteiger partial charge in [0.2, 0.25) is 0 Å². The number of hydrogen-bond donors (Lipinski definition) is 1. The van der Waals surface area contributed by atoms with Gasteiger partial charge in [-0.2, -0.15) is 5.10 Å². The number of halogens is 1. The van der Waals surface area contributed by atoms with Gasteiger partial charge in [0.1, 0.15) is 0 Å². The van der Waals surface area contributed by atoms with Crippen molar-refractivity contribution in [3.8, 4) is 0 Å². The summed E-state index contributed by atoms with van der Waals surface area (Å²) in [6, 6.07) is 0. The van der Waals surface area contributed by atoms with Crippen LogP contribution in [0, 0.1) is 6.92 Å². The average molecular weight is 285 g/mol. The van der Waals surface area contributed by atoms with Crippen LogP contribution >= 0.6 is 11.6 Å². The molecule has 5 heteroatoms. The first-order chi connectivity index (χ1) is 9.22. The van der Waals surface area contributed by atoms with Crippen molar-refractivity contribution in [1.82, 2.24) is 20.0 Å². The second kappa shape index (κ2) is 7.27. The standard InChI is InChI=1S/C14H25ClN4/c1-3-19-13(14(15)12(2)17-19)11-16-7-10-18-8-5-4-6-9-18/h16H,3-11H2,1-2H3. The van der Waals surface area contributed by atoms with Crippen LogP contribution in [-0.4, -0.2) is 40.9 Å². The van der Waals surface area contributed by atoms with E-state index in [0.717, 1.165) is 42.6 Å². The Balaban J connectivity index is 1.76. The van der Waals surface area contributed by atoms with Crippen LogP contribution in [0.5, 0.6) is 0 Å². The predicted octanol–water partition coefficient (Wildman–Crippen LogP) is 2.44. The van der Waals surface area contributed by atoms with E-state index in [1.165, 1.54) is 32.4 Å². The highest BCUT2D eigenvalue weighted by Gasteiger charge is 2.12. The number of piperidine rings is 1. The zero-order valence-electron chi connectivity index (χ0n) is 12.1. The highest BCUT2D eigenvalue weighted by atomic mass is 35.5. The van der Waals surface area contributed by atoms with Crippen molar-refractivity contribution in [3.63, 3.8) is 0 Å². The third kappa shape index (κ3) is 3.94. The molecule has 0 amide bonds. The van der Waals surface area contributed by atoms with Crippen molar-refractivity contribution in [2.75, 3.05) is 26.2 Å². The summed E-state index contributed by atoms with van der Waals surface area (Å²) in [5, 5.41) is 8.73. The molecular weight excluding hydrogens is 260 g/mol. The van der Waals surface area contributed by atoms with Crippen LogP contribution in [-0.2, 0) is 13.1 Å². The van der Waals surface area contributed by atoms with Gasteiger partial charge in [0, 0.05) is 26.2 Å². The Morgan fingerprint density at radius 2 is 2.00 bits per heavy atom. The number of nitrogens with zero attached hydrogens (tertiary/aromatic N) is 3. The van der Waals surface area contributed by atoms with Gasteiger partial charge < -0.3 is 10.2 Å². The zero-order chi connectivity index (χ0) is 13.7. The Hall–Kier alpha value is -0.580. The first-order valence-electron chi connectivity index (χ1n) is 7.37. The average Bonchev–Trinajstić information content (AvgIpc) is 2.72. The Morgan fingerprint density at radius 3 is 2.68 bits per heavy atom. The van der Waals surface area contributed by atoms with E-state index in [1.807, 2.05) is 11.6 Å². The van der Waals surface area contributed by atoms with E-state index in [9.17, 15) is 0 Å². The fraction of sp³-hybridized carbons (Fsp3) is 0.786. The highest BCUT2D eigenvalue weighted by molar-refractivity contribution is 6.31. The monoisotopic (exact) mass is 284 g/mol. The molecule has 0 unspecified atom stereocenters. The van der Waals surface area contributed by atoms with E-state index in [2.05, 4.69) is 22.2 Å². The highest BCUT2D eigenvalue weighted by Crippen LogP contribution is 2.19. The molecule has 1 fully saturated rings. The molecule has 2 heterocycles. The summed E-state index contributed by atoms with van der Waals surface area (Å²) in [6.07, 6.45) is 4.11. The Morgan fingerprint density at radius 1 is 1.26 bits per heavy atom. The van der Waals surface area contributed by atoms with Crippen LogP contribution in [0.1, 0.15) is 37.6 Å². The van der Waals surface area contributed by atoms with Crippen molar-refractivity contribution in [1.29, 1.82) is 0 Å². The lowest BCUT2D eigenvalue weighted by Gasteiger charge is -2.26. The van der Waals surface area contributed by atoms with Crippen LogP contribution in [0.3, 0.4) is 0 Å². The first kappa shape index (κ1) is 14.8. The predicted molar refractivity (Wildman–Crippen MR) is 79.6 cm³/mol. The molecule has 0 atom stereocenters. The molecule has 1 aliphatic heterocycles. The fourth-order valence-electron chi connectivity index (χ4n) is 2.66. The fourth-order valence-corrected chi connectivity index (χ4v) is 2.87. The molecule has 0 radical (unpaired) electrons. The summed E-state index contributed by atoms with van der Waals surface area (Å²) in [7, 11) is 0. The zero-order valence-corrected chi connectivity index (χ0v) is 12.8. The molecule has 4 nitrogen and oxygen atoms in total. The minimum absolute atomic E-state index is 0.807. The lowest BCUT2D eigenvalue weighted by atomic mass is 10.1. The molecule has 1 aromatic heterocycles. The Bertz CT molecular complexity index is 396. The van der Waals surface area contributed by atoms with Crippen LogP contribution < -0.4 is 5.32 Å². The molecule has 1 saturated heterocycles. The van der Waals surface area contributed by atoms with Gasteiger partial charge >= 0.3 is 0 Å². The molecule has 0 bridgehead atoms. The number of likely N-dealkylation sites (tertiary alicyclic amines) is 1. The summed E-state index contributed by atoms with van der Waals surface area (Å²) in [4.78, 5) is 2.54. The smallest absolute Gasteiger partial charge is 0.0860 e. The van der Waals surface area contributed by atoms with E-state index in [1.54, 1.807) is 0 Å². The molecule has 0 aliphatic carbocycles. The quantitative estimate of drug-likeness (QED) is 0.815. The Labute approximate surface area is 121 Å². The summed E-state index contributed by atoms with van der Waals surface area (Å²) >= 11 is 6.29. The van der Waals surface area contributed by atoms with Gasteiger partial charge in [-0.3, -0.25) is 4.68 Å². The molecule has 0 spiro atoms. The summed E-state index contributed by atoms with van der Waals surface area (Å²) < 4.78 is 1.99. The number of nitrogens with one attached hydrogen (secondary N) is 1. The van der Waals surface area contributed by atoms with E-state index in [4.69, 9.17) is 11.6 Å². The maximum Gasteiger partial charge on any atom is 0.0860 e. The van der Waals surface area contributed by atoms with Gasteiger partial charge in [-0.1, -0.05) is 18.0 Å². The minimum atomic E-state index is 0.807. The summed E-state index contributed by atoms with van der Waals surface area (Å²) in [5.74, 6) is 0. The van der Waals surface area contributed by atoms with E-state index < -0.39 is 0 Å². The minimum Gasteiger partial charge on any atom is -0.310 e. The number of rotatable bonds is 6. The van der Waals surface area contributed by atoms with Gasteiger partial charge in [-0.05, 0) is 39.8 Å². The van der Waals surface area contributed by atoms with Gasteiger partial charge in [-0.25, -0.2) is 0 Å².